The van der Waals surface area contributed by atoms with E-state index in [0.717, 1.165) is 6.42 Å². The molecule has 0 bridgehead atoms. The molecular formula is C18H21N. The first-order valence-corrected chi connectivity index (χ1v) is 7.05. The van der Waals surface area contributed by atoms with Gasteiger partial charge in [0.1, 0.15) is 0 Å². The zero-order valence-corrected chi connectivity index (χ0v) is 12.2. The predicted molar refractivity (Wildman–Crippen MR) is 83.8 cm³/mol. The van der Waals surface area contributed by atoms with Gasteiger partial charge in [-0.2, -0.15) is 0 Å². The van der Waals surface area contributed by atoms with Crippen molar-refractivity contribution in [2.24, 2.45) is 0 Å². The highest BCUT2D eigenvalue weighted by atomic mass is 15.0. The summed E-state index contributed by atoms with van der Waals surface area (Å²) in [6.45, 7) is 9.04. The Morgan fingerprint density at radius 3 is 2.26 bits per heavy atom. The monoisotopic (exact) mass is 251 g/mol. The highest BCUT2D eigenvalue weighted by Gasteiger charge is 2.20. The van der Waals surface area contributed by atoms with Crippen molar-refractivity contribution in [1.29, 1.82) is 0 Å². The van der Waals surface area contributed by atoms with Crippen molar-refractivity contribution in [3.05, 3.63) is 48.0 Å². The molecule has 0 radical (unpaired) electrons. The standard InChI is InChI=1S/C18H21N/c1-5-13-10-11-15-14-8-6-7-9-16(14)19(17(15)12-13)18(2,3)4/h6-12H,5H2,1-4H3. The Bertz CT molecular complexity index is 741. The largest absolute Gasteiger partial charge is 0.335 e. The van der Waals surface area contributed by atoms with Gasteiger partial charge in [0.15, 0.2) is 0 Å². The summed E-state index contributed by atoms with van der Waals surface area (Å²) in [5.74, 6) is 0. The molecule has 0 amide bonds. The highest BCUT2D eigenvalue weighted by Crippen LogP contribution is 2.34. The number of nitrogens with zero attached hydrogens (tertiary/aromatic N) is 1. The number of fused-ring (bicyclic) bond motifs is 3. The van der Waals surface area contributed by atoms with E-state index in [4.69, 9.17) is 0 Å². The molecule has 0 aliphatic heterocycles. The van der Waals surface area contributed by atoms with Crippen molar-refractivity contribution >= 4 is 21.8 Å². The molecule has 0 aliphatic carbocycles. The molecule has 1 nitrogen and oxygen atoms in total. The van der Waals surface area contributed by atoms with Gasteiger partial charge in [0.05, 0.1) is 0 Å². The lowest BCUT2D eigenvalue weighted by molar-refractivity contribution is 0.423. The number of aromatic nitrogens is 1. The number of aryl methyl sites for hydroxylation is 1. The van der Waals surface area contributed by atoms with Crippen LogP contribution in [-0.2, 0) is 12.0 Å². The number of hydrogen-bond donors (Lipinski definition) is 0. The van der Waals surface area contributed by atoms with Crippen LogP contribution in [0.2, 0.25) is 0 Å². The Morgan fingerprint density at radius 1 is 0.895 bits per heavy atom. The molecule has 2 aromatic carbocycles. The van der Waals surface area contributed by atoms with Gasteiger partial charge in [-0.05, 0) is 44.9 Å². The van der Waals surface area contributed by atoms with Gasteiger partial charge < -0.3 is 4.57 Å². The first kappa shape index (κ1) is 12.3. The topological polar surface area (TPSA) is 4.93 Å². The van der Waals surface area contributed by atoms with Gasteiger partial charge in [-0.25, -0.2) is 0 Å². The first-order chi connectivity index (χ1) is 9.02. The fourth-order valence-corrected chi connectivity index (χ4v) is 2.96. The van der Waals surface area contributed by atoms with Crippen LogP contribution in [0.25, 0.3) is 21.8 Å². The average Bonchev–Trinajstić information content (AvgIpc) is 2.71. The number of para-hydroxylation sites is 1. The molecule has 0 N–H and O–H groups in total. The maximum Gasteiger partial charge on any atom is 0.0499 e. The lowest BCUT2D eigenvalue weighted by Gasteiger charge is -2.24. The van der Waals surface area contributed by atoms with Crippen LogP contribution in [0.5, 0.6) is 0 Å². The summed E-state index contributed by atoms with van der Waals surface area (Å²) < 4.78 is 2.47. The molecule has 3 aromatic rings. The molecule has 0 atom stereocenters. The molecular weight excluding hydrogens is 230 g/mol. The summed E-state index contributed by atoms with van der Waals surface area (Å²) in [4.78, 5) is 0. The summed E-state index contributed by atoms with van der Waals surface area (Å²) >= 11 is 0. The van der Waals surface area contributed by atoms with E-state index in [-0.39, 0.29) is 5.54 Å². The normalized spacial score (nSPS) is 12.4. The van der Waals surface area contributed by atoms with Gasteiger partial charge in [0.25, 0.3) is 0 Å². The van der Waals surface area contributed by atoms with Crippen LogP contribution in [0.4, 0.5) is 0 Å². The molecule has 19 heavy (non-hydrogen) atoms. The van der Waals surface area contributed by atoms with Crippen LogP contribution in [0.1, 0.15) is 33.3 Å². The van der Waals surface area contributed by atoms with E-state index in [1.54, 1.807) is 0 Å². The second-order valence-corrected chi connectivity index (χ2v) is 6.23. The molecule has 1 heteroatoms. The predicted octanol–water partition coefficient (Wildman–Crippen LogP) is 5.11. The minimum absolute atomic E-state index is 0.0910. The average molecular weight is 251 g/mol. The molecule has 0 fully saturated rings. The number of hydrogen-bond acceptors (Lipinski definition) is 0. The maximum absolute atomic E-state index is 2.47. The second-order valence-electron chi connectivity index (χ2n) is 6.23. The Morgan fingerprint density at radius 2 is 1.58 bits per heavy atom. The van der Waals surface area contributed by atoms with E-state index in [9.17, 15) is 0 Å². The van der Waals surface area contributed by atoms with E-state index in [1.165, 1.54) is 27.4 Å². The van der Waals surface area contributed by atoms with Gasteiger partial charge >= 0.3 is 0 Å². The fourth-order valence-electron chi connectivity index (χ4n) is 2.96. The van der Waals surface area contributed by atoms with Crippen molar-refractivity contribution in [3.8, 4) is 0 Å². The van der Waals surface area contributed by atoms with E-state index in [1.807, 2.05) is 0 Å². The lowest BCUT2D eigenvalue weighted by atomic mass is 10.1. The number of benzene rings is 2. The maximum atomic E-state index is 2.47. The molecule has 0 saturated carbocycles. The van der Waals surface area contributed by atoms with Crippen molar-refractivity contribution < 1.29 is 0 Å². The molecule has 1 aromatic heterocycles. The van der Waals surface area contributed by atoms with Gasteiger partial charge in [-0.15, -0.1) is 0 Å². The highest BCUT2D eigenvalue weighted by molar-refractivity contribution is 6.08. The van der Waals surface area contributed by atoms with Crippen LogP contribution < -0.4 is 0 Å². The Kier molecular flexibility index (Phi) is 2.67. The third kappa shape index (κ3) is 1.85. The van der Waals surface area contributed by atoms with Gasteiger partial charge in [-0.3, -0.25) is 0 Å². The third-order valence-corrected chi connectivity index (χ3v) is 3.82. The van der Waals surface area contributed by atoms with Crippen LogP contribution in [0.15, 0.2) is 42.5 Å². The molecule has 3 rings (SSSR count). The van der Waals surface area contributed by atoms with E-state index >= 15 is 0 Å². The Balaban J connectivity index is 2.52. The van der Waals surface area contributed by atoms with E-state index in [0.29, 0.717) is 0 Å². The van der Waals surface area contributed by atoms with Crippen molar-refractivity contribution in [2.75, 3.05) is 0 Å². The van der Waals surface area contributed by atoms with Gasteiger partial charge in [0, 0.05) is 27.3 Å². The van der Waals surface area contributed by atoms with Crippen molar-refractivity contribution in [2.45, 2.75) is 39.7 Å². The molecule has 0 saturated heterocycles. The van der Waals surface area contributed by atoms with Crippen molar-refractivity contribution in [1.82, 2.24) is 4.57 Å². The second kappa shape index (κ2) is 4.12. The van der Waals surface area contributed by atoms with Crippen LogP contribution >= 0.6 is 0 Å². The minimum Gasteiger partial charge on any atom is -0.335 e. The third-order valence-electron chi connectivity index (χ3n) is 3.82. The van der Waals surface area contributed by atoms with Crippen LogP contribution in [0, 0.1) is 0 Å². The molecule has 98 valence electrons. The smallest absolute Gasteiger partial charge is 0.0499 e. The SMILES string of the molecule is CCc1ccc2c3ccccc3n(C(C)(C)C)c2c1. The van der Waals surface area contributed by atoms with E-state index < -0.39 is 0 Å². The molecule has 0 spiro atoms. The van der Waals surface area contributed by atoms with Crippen molar-refractivity contribution in [3.63, 3.8) is 0 Å². The molecule has 1 heterocycles. The lowest BCUT2D eigenvalue weighted by Crippen LogP contribution is -2.21. The summed E-state index contributed by atoms with van der Waals surface area (Å²) in [6.07, 6.45) is 1.08. The fraction of sp³-hybridized carbons (Fsp3) is 0.333. The molecule has 0 aliphatic rings. The summed E-state index contributed by atoms with van der Waals surface area (Å²) in [5.41, 5.74) is 4.18. The van der Waals surface area contributed by atoms with Crippen LogP contribution in [0.3, 0.4) is 0 Å². The first-order valence-electron chi connectivity index (χ1n) is 7.05. The Labute approximate surface area is 114 Å². The van der Waals surface area contributed by atoms with E-state index in [2.05, 4.69) is 74.7 Å². The number of rotatable bonds is 1. The summed E-state index contributed by atoms with van der Waals surface area (Å²) in [7, 11) is 0. The van der Waals surface area contributed by atoms with Gasteiger partial charge in [-0.1, -0.05) is 37.3 Å². The zero-order valence-electron chi connectivity index (χ0n) is 12.2. The zero-order chi connectivity index (χ0) is 13.6. The quantitative estimate of drug-likeness (QED) is 0.566. The Hall–Kier alpha value is -1.76. The van der Waals surface area contributed by atoms with Crippen LogP contribution in [-0.4, -0.2) is 4.57 Å². The minimum atomic E-state index is 0.0910. The summed E-state index contributed by atoms with van der Waals surface area (Å²) in [6, 6.07) is 15.6. The molecule has 0 unspecified atom stereocenters. The van der Waals surface area contributed by atoms with Gasteiger partial charge in [0.2, 0.25) is 0 Å². The summed E-state index contributed by atoms with van der Waals surface area (Å²) in [5, 5.41) is 2.72.